The van der Waals surface area contributed by atoms with Gasteiger partial charge in [0, 0.05) is 12.4 Å². The van der Waals surface area contributed by atoms with E-state index in [9.17, 15) is 23.2 Å². The first-order valence-corrected chi connectivity index (χ1v) is 9.82. The number of nitrogens with one attached hydrogen (secondary N) is 1. The van der Waals surface area contributed by atoms with Gasteiger partial charge in [0.15, 0.2) is 0 Å². The third-order valence-electron chi connectivity index (χ3n) is 4.62. The Balaban J connectivity index is 1.74. The SMILES string of the molecule is NN(C(=O)c1cc(Cn2c(=O)[nH]c(=O)c3c(F)cccc32)ccc1F)c1ncc(Br)cn1. The van der Waals surface area contributed by atoms with Crippen molar-refractivity contribution in [2.75, 3.05) is 5.01 Å². The third-order valence-corrected chi connectivity index (χ3v) is 5.03. The van der Waals surface area contributed by atoms with Crippen LogP contribution in [0.1, 0.15) is 15.9 Å². The number of rotatable bonds is 4. The van der Waals surface area contributed by atoms with E-state index in [2.05, 4.69) is 30.9 Å². The number of anilines is 1. The molecule has 32 heavy (non-hydrogen) atoms. The van der Waals surface area contributed by atoms with Crippen LogP contribution in [-0.2, 0) is 6.54 Å². The molecule has 3 N–H and O–H groups in total. The topological polar surface area (TPSA) is 127 Å². The van der Waals surface area contributed by atoms with E-state index < -0.39 is 28.8 Å². The van der Waals surface area contributed by atoms with Gasteiger partial charge < -0.3 is 0 Å². The van der Waals surface area contributed by atoms with Gasteiger partial charge in [0.25, 0.3) is 11.5 Å². The second-order valence-electron chi connectivity index (χ2n) is 6.67. The van der Waals surface area contributed by atoms with Crippen molar-refractivity contribution in [1.29, 1.82) is 0 Å². The number of aromatic nitrogens is 4. The number of halogens is 3. The highest BCUT2D eigenvalue weighted by atomic mass is 79.9. The molecule has 4 rings (SSSR count). The molecule has 0 bridgehead atoms. The second-order valence-corrected chi connectivity index (χ2v) is 7.59. The monoisotopic (exact) mass is 502 g/mol. The quantitative estimate of drug-likeness (QED) is 0.250. The second kappa shape index (κ2) is 8.40. The van der Waals surface area contributed by atoms with Crippen molar-refractivity contribution in [1.82, 2.24) is 19.5 Å². The summed E-state index contributed by atoms with van der Waals surface area (Å²) in [6.45, 7) is -0.171. The molecule has 0 aliphatic rings. The number of benzene rings is 2. The van der Waals surface area contributed by atoms with Crippen LogP contribution in [0, 0.1) is 11.6 Å². The van der Waals surface area contributed by atoms with Gasteiger partial charge in [-0.3, -0.25) is 19.1 Å². The van der Waals surface area contributed by atoms with Crippen molar-refractivity contribution in [2.24, 2.45) is 5.84 Å². The third kappa shape index (κ3) is 3.92. The first-order chi connectivity index (χ1) is 15.3. The highest BCUT2D eigenvalue weighted by Crippen LogP contribution is 2.18. The molecule has 0 aliphatic heterocycles. The Morgan fingerprint density at radius 3 is 2.56 bits per heavy atom. The van der Waals surface area contributed by atoms with Crippen molar-refractivity contribution in [2.45, 2.75) is 6.54 Å². The van der Waals surface area contributed by atoms with Crippen molar-refractivity contribution in [3.05, 3.63) is 96.9 Å². The van der Waals surface area contributed by atoms with Crippen LogP contribution in [0.4, 0.5) is 14.7 Å². The summed E-state index contributed by atoms with van der Waals surface area (Å²) >= 11 is 3.16. The minimum Gasteiger partial charge on any atom is -0.289 e. The lowest BCUT2D eigenvalue weighted by Gasteiger charge is -2.16. The molecule has 0 unspecified atom stereocenters. The lowest BCUT2D eigenvalue weighted by Crippen LogP contribution is -2.39. The van der Waals surface area contributed by atoms with Crippen molar-refractivity contribution < 1.29 is 13.6 Å². The van der Waals surface area contributed by atoms with E-state index in [4.69, 9.17) is 5.84 Å². The van der Waals surface area contributed by atoms with E-state index in [-0.39, 0.29) is 29.0 Å². The van der Waals surface area contributed by atoms with Gasteiger partial charge in [-0.1, -0.05) is 12.1 Å². The Labute approximate surface area is 186 Å². The molecule has 4 aromatic rings. The number of carbonyl (C=O) groups excluding carboxylic acids is 1. The van der Waals surface area contributed by atoms with Crippen molar-refractivity contribution in [3.63, 3.8) is 0 Å². The molecule has 2 aromatic carbocycles. The fourth-order valence-electron chi connectivity index (χ4n) is 3.12. The molecule has 1 amide bonds. The van der Waals surface area contributed by atoms with Crippen LogP contribution in [0.15, 0.2) is 62.9 Å². The molecule has 0 saturated heterocycles. The summed E-state index contributed by atoms with van der Waals surface area (Å²) in [6.07, 6.45) is 2.74. The van der Waals surface area contributed by atoms with Gasteiger partial charge in [-0.2, -0.15) is 0 Å². The molecule has 2 aromatic heterocycles. The zero-order chi connectivity index (χ0) is 23.0. The maximum absolute atomic E-state index is 14.4. The van der Waals surface area contributed by atoms with E-state index in [1.807, 2.05) is 0 Å². The average molecular weight is 503 g/mol. The molecule has 0 saturated carbocycles. The Hall–Kier alpha value is -3.77. The molecule has 2 heterocycles. The van der Waals surface area contributed by atoms with Crippen LogP contribution in [0.5, 0.6) is 0 Å². The first kappa shape index (κ1) is 21.5. The molecule has 0 radical (unpaired) electrons. The maximum atomic E-state index is 14.4. The predicted molar refractivity (Wildman–Crippen MR) is 115 cm³/mol. The number of hydrazine groups is 1. The highest BCUT2D eigenvalue weighted by Gasteiger charge is 2.21. The van der Waals surface area contributed by atoms with E-state index in [1.165, 1.54) is 36.7 Å². The molecule has 0 spiro atoms. The van der Waals surface area contributed by atoms with Gasteiger partial charge in [0.2, 0.25) is 5.95 Å². The molecular weight excluding hydrogens is 490 g/mol. The van der Waals surface area contributed by atoms with Crippen LogP contribution in [-0.4, -0.2) is 25.4 Å². The van der Waals surface area contributed by atoms with E-state index in [1.54, 1.807) is 0 Å². The fourth-order valence-corrected chi connectivity index (χ4v) is 3.33. The first-order valence-electron chi connectivity index (χ1n) is 9.02. The zero-order valence-corrected chi connectivity index (χ0v) is 17.6. The van der Waals surface area contributed by atoms with Crippen molar-refractivity contribution in [3.8, 4) is 0 Å². The van der Waals surface area contributed by atoms with Crippen LogP contribution >= 0.6 is 15.9 Å². The Morgan fingerprint density at radius 1 is 1.12 bits per heavy atom. The summed E-state index contributed by atoms with van der Waals surface area (Å²) in [6, 6.07) is 7.47. The maximum Gasteiger partial charge on any atom is 0.329 e. The number of H-pyrrole nitrogens is 1. The number of aromatic amines is 1. The minimum atomic E-state index is -0.920. The summed E-state index contributed by atoms with van der Waals surface area (Å²) in [5.41, 5.74) is -1.64. The van der Waals surface area contributed by atoms with Crippen LogP contribution in [0.2, 0.25) is 0 Å². The zero-order valence-electron chi connectivity index (χ0n) is 16.1. The Morgan fingerprint density at radius 2 is 1.84 bits per heavy atom. The summed E-state index contributed by atoms with van der Waals surface area (Å²) < 4.78 is 30.2. The Bertz CT molecular complexity index is 1470. The normalized spacial score (nSPS) is 11.0. The molecular formula is C20H13BrF2N6O3. The molecule has 0 atom stereocenters. The Kier molecular flexibility index (Phi) is 5.63. The van der Waals surface area contributed by atoms with Crippen LogP contribution in [0.3, 0.4) is 0 Å². The molecule has 9 nitrogen and oxygen atoms in total. The molecule has 0 fully saturated rings. The lowest BCUT2D eigenvalue weighted by atomic mass is 10.1. The number of hydrogen-bond donors (Lipinski definition) is 2. The average Bonchev–Trinajstić information content (AvgIpc) is 2.77. The van der Waals surface area contributed by atoms with Gasteiger partial charge in [-0.25, -0.2) is 34.4 Å². The van der Waals surface area contributed by atoms with E-state index in [0.717, 1.165) is 16.7 Å². The number of carbonyl (C=O) groups is 1. The highest BCUT2D eigenvalue weighted by molar-refractivity contribution is 9.10. The number of nitrogens with zero attached hydrogens (tertiary/aromatic N) is 4. The number of amides is 1. The van der Waals surface area contributed by atoms with Gasteiger partial charge in [-0.15, -0.1) is 0 Å². The van der Waals surface area contributed by atoms with E-state index >= 15 is 0 Å². The standard InChI is InChI=1S/C20H13BrF2N6O3/c21-11-7-25-19(26-8-11)29(24)18(31)12-6-10(4-5-13(12)22)9-28-15-3-1-2-14(23)16(15)17(30)27-20(28)32/h1-8H,9,24H2,(H,27,30,32). The smallest absolute Gasteiger partial charge is 0.289 e. The summed E-state index contributed by atoms with van der Waals surface area (Å²) in [5.74, 6) is 3.05. The fraction of sp³-hybridized carbons (Fsp3) is 0.0500. The van der Waals surface area contributed by atoms with Gasteiger partial charge in [0.1, 0.15) is 11.6 Å². The van der Waals surface area contributed by atoms with Crippen LogP contribution in [0.25, 0.3) is 10.9 Å². The minimum absolute atomic E-state index is 0.0552. The van der Waals surface area contributed by atoms with Crippen LogP contribution < -0.4 is 22.1 Å². The predicted octanol–water partition coefficient (Wildman–Crippen LogP) is 2.09. The lowest BCUT2D eigenvalue weighted by molar-refractivity contribution is 0.0981. The van der Waals surface area contributed by atoms with Gasteiger partial charge in [0.05, 0.1) is 27.5 Å². The van der Waals surface area contributed by atoms with E-state index in [0.29, 0.717) is 15.0 Å². The summed E-state index contributed by atoms with van der Waals surface area (Å²) in [7, 11) is 0. The molecule has 12 heteroatoms. The molecule has 162 valence electrons. The molecule has 0 aliphatic carbocycles. The number of nitrogens with two attached hydrogens (primary N) is 1. The van der Waals surface area contributed by atoms with Gasteiger partial charge in [-0.05, 0) is 45.8 Å². The van der Waals surface area contributed by atoms with Gasteiger partial charge >= 0.3 is 5.69 Å². The summed E-state index contributed by atoms with van der Waals surface area (Å²) in [5, 5.41) is 0.303. The largest absolute Gasteiger partial charge is 0.329 e. The van der Waals surface area contributed by atoms with Crippen molar-refractivity contribution >= 4 is 38.7 Å². The number of hydrogen-bond acceptors (Lipinski definition) is 6. The number of fused-ring (bicyclic) bond motifs is 1. The summed E-state index contributed by atoms with van der Waals surface area (Å²) in [4.78, 5) is 46.9.